The SMILES string of the molecule is CCN(CC(C)C(=O)O)C1CC(=O)N(C2CCCC2)C1=O. The van der Waals surface area contributed by atoms with Crippen molar-refractivity contribution in [2.24, 2.45) is 5.92 Å². The Morgan fingerprint density at radius 3 is 2.52 bits per heavy atom. The van der Waals surface area contributed by atoms with Crippen LogP contribution in [0.4, 0.5) is 0 Å². The number of aliphatic carboxylic acids is 1. The van der Waals surface area contributed by atoms with Gasteiger partial charge in [-0.05, 0) is 19.4 Å². The number of carboxylic acid groups (broad SMARTS) is 1. The second-order valence-corrected chi connectivity index (χ2v) is 6.09. The molecule has 2 unspecified atom stereocenters. The molecule has 2 aliphatic rings. The van der Waals surface area contributed by atoms with Crippen molar-refractivity contribution < 1.29 is 19.5 Å². The fourth-order valence-corrected chi connectivity index (χ4v) is 3.37. The molecule has 0 aromatic rings. The lowest BCUT2D eigenvalue weighted by Gasteiger charge is -2.28. The molecule has 1 aliphatic carbocycles. The average molecular weight is 296 g/mol. The number of likely N-dealkylation sites (N-methyl/N-ethyl adjacent to an activating group) is 1. The second-order valence-electron chi connectivity index (χ2n) is 6.09. The Bertz CT molecular complexity index is 431. The Morgan fingerprint density at radius 1 is 1.38 bits per heavy atom. The van der Waals surface area contributed by atoms with Gasteiger partial charge in [0.25, 0.3) is 0 Å². The molecule has 1 saturated heterocycles. The highest BCUT2D eigenvalue weighted by atomic mass is 16.4. The highest BCUT2D eigenvalue weighted by Crippen LogP contribution is 2.30. The molecule has 2 rings (SSSR count). The monoisotopic (exact) mass is 296 g/mol. The summed E-state index contributed by atoms with van der Waals surface area (Å²) in [6.07, 6.45) is 4.14. The van der Waals surface area contributed by atoms with E-state index in [0.29, 0.717) is 13.1 Å². The summed E-state index contributed by atoms with van der Waals surface area (Å²) in [7, 11) is 0. The van der Waals surface area contributed by atoms with Crippen LogP contribution in [-0.2, 0) is 14.4 Å². The van der Waals surface area contributed by atoms with Crippen LogP contribution in [0.1, 0.15) is 46.0 Å². The molecule has 0 bridgehead atoms. The Kier molecular flexibility index (Phi) is 4.98. The zero-order chi connectivity index (χ0) is 15.6. The number of nitrogens with zero attached hydrogens (tertiary/aromatic N) is 2. The van der Waals surface area contributed by atoms with Gasteiger partial charge in [-0.25, -0.2) is 0 Å². The van der Waals surface area contributed by atoms with E-state index >= 15 is 0 Å². The Hall–Kier alpha value is -1.43. The summed E-state index contributed by atoms with van der Waals surface area (Å²) in [6.45, 7) is 4.39. The molecule has 1 aliphatic heterocycles. The Labute approximate surface area is 125 Å². The average Bonchev–Trinajstić information content (AvgIpc) is 3.04. The highest BCUT2D eigenvalue weighted by Gasteiger charge is 2.45. The van der Waals surface area contributed by atoms with Gasteiger partial charge in [-0.2, -0.15) is 0 Å². The number of hydrogen-bond acceptors (Lipinski definition) is 4. The van der Waals surface area contributed by atoms with E-state index in [1.54, 1.807) is 6.92 Å². The molecular formula is C15H24N2O4. The van der Waals surface area contributed by atoms with Gasteiger partial charge in [0.2, 0.25) is 11.8 Å². The fourth-order valence-electron chi connectivity index (χ4n) is 3.37. The summed E-state index contributed by atoms with van der Waals surface area (Å²) in [4.78, 5) is 39.0. The number of hydrogen-bond donors (Lipinski definition) is 1. The lowest BCUT2D eigenvalue weighted by molar-refractivity contribution is -0.145. The summed E-state index contributed by atoms with van der Waals surface area (Å²) >= 11 is 0. The molecule has 2 fully saturated rings. The van der Waals surface area contributed by atoms with Crippen molar-refractivity contribution in [2.75, 3.05) is 13.1 Å². The first-order valence-corrected chi connectivity index (χ1v) is 7.78. The Balaban J connectivity index is 2.07. The third-order valence-electron chi connectivity index (χ3n) is 4.63. The van der Waals surface area contributed by atoms with Crippen molar-refractivity contribution in [3.63, 3.8) is 0 Å². The van der Waals surface area contributed by atoms with Crippen LogP contribution in [0.3, 0.4) is 0 Å². The van der Waals surface area contributed by atoms with Crippen molar-refractivity contribution in [3.05, 3.63) is 0 Å². The summed E-state index contributed by atoms with van der Waals surface area (Å²) in [5.74, 6) is -1.66. The van der Waals surface area contributed by atoms with Gasteiger partial charge in [-0.1, -0.05) is 26.7 Å². The molecule has 1 saturated carbocycles. The number of carbonyl (C=O) groups is 3. The second kappa shape index (κ2) is 6.56. The first-order valence-electron chi connectivity index (χ1n) is 7.78. The molecule has 0 spiro atoms. The third-order valence-corrected chi connectivity index (χ3v) is 4.63. The molecule has 1 heterocycles. The molecule has 0 aromatic heterocycles. The first kappa shape index (κ1) is 15.9. The smallest absolute Gasteiger partial charge is 0.307 e. The molecule has 2 atom stereocenters. The van der Waals surface area contributed by atoms with Crippen molar-refractivity contribution in [3.8, 4) is 0 Å². The Morgan fingerprint density at radius 2 is 2.00 bits per heavy atom. The predicted octanol–water partition coefficient (Wildman–Crippen LogP) is 1.10. The summed E-state index contributed by atoms with van der Waals surface area (Å²) in [6, 6.07) is -0.421. The van der Waals surface area contributed by atoms with Gasteiger partial charge in [0.1, 0.15) is 0 Å². The van der Waals surface area contributed by atoms with E-state index < -0.39 is 17.9 Å². The van der Waals surface area contributed by atoms with E-state index in [9.17, 15) is 14.4 Å². The number of rotatable bonds is 6. The first-order chi connectivity index (χ1) is 9.95. The maximum atomic E-state index is 12.6. The number of carboxylic acids is 1. The highest BCUT2D eigenvalue weighted by molar-refractivity contribution is 6.05. The molecule has 6 nitrogen and oxygen atoms in total. The number of carbonyl (C=O) groups excluding carboxylic acids is 2. The zero-order valence-electron chi connectivity index (χ0n) is 12.7. The van der Waals surface area contributed by atoms with Crippen LogP contribution in [0, 0.1) is 5.92 Å². The minimum absolute atomic E-state index is 0.0607. The van der Waals surface area contributed by atoms with Gasteiger partial charge >= 0.3 is 5.97 Å². The lowest BCUT2D eigenvalue weighted by Crippen LogP contribution is -2.46. The minimum atomic E-state index is -0.877. The molecular weight excluding hydrogens is 272 g/mol. The summed E-state index contributed by atoms with van der Waals surface area (Å²) in [5, 5.41) is 9.02. The zero-order valence-corrected chi connectivity index (χ0v) is 12.7. The minimum Gasteiger partial charge on any atom is -0.481 e. The summed E-state index contributed by atoms with van der Waals surface area (Å²) in [5.41, 5.74) is 0. The van der Waals surface area contributed by atoms with Gasteiger partial charge in [0.15, 0.2) is 0 Å². The van der Waals surface area contributed by atoms with Crippen LogP contribution in [0.25, 0.3) is 0 Å². The number of imide groups is 1. The fraction of sp³-hybridized carbons (Fsp3) is 0.800. The molecule has 21 heavy (non-hydrogen) atoms. The maximum Gasteiger partial charge on any atom is 0.307 e. The largest absolute Gasteiger partial charge is 0.481 e. The van der Waals surface area contributed by atoms with E-state index in [1.807, 2.05) is 11.8 Å². The standard InChI is InChI=1S/C15H24N2O4/c1-3-16(9-10(2)15(20)21)12-8-13(18)17(14(12)19)11-6-4-5-7-11/h10-12H,3-9H2,1-2H3,(H,20,21). The quantitative estimate of drug-likeness (QED) is 0.743. The number of likely N-dealkylation sites (tertiary alicyclic amines) is 1. The van der Waals surface area contributed by atoms with Crippen molar-refractivity contribution >= 4 is 17.8 Å². The molecule has 2 amide bonds. The number of amides is 2. The van der Waals surface area contributed by atoms with Crippen molar-refractivity contribution in [1.29, 1.82) is 0 Å². The van der Waals surface area contributed by atoms with Crippen LogP contribution in [0.15, 0.2) is 0 Å². The van der Waals surface area contributed by atoms with Crippen LogP contribution < -0.4 is 0 Å². The topological polar surface area (TPSA) is 77.9 Å². The normalized spacial score (nSPS) is 25.1. The van der Waals surface area contributed by atoms with Crippen LogP contribution >= 0.6 is 0 Å². The van der Waals surface area contributed by atoms with Crippen molar-refractivity contribution in [2.45, 2.75) is 58.0 Å². The van der Waals surface area contributed by atoms with E-state index in [4.69, 9.17) is 5.11 Å². The van der Waals surface area contributed by atoms with E-state index in [-0.39, 0.29) is 24.3 Å². The van der Waals surface area contributed by atoms with Gasteiger partial charge in [0, 0.05) is 12.6 Å². The van der Waals surface area contributed by atoms with E-state index in [0.717, 1.165) is 25.7 Å². The lowest BCUT2D eigenvalue weighted by atomic mass is 10.1. The molecule has 1 N–H and O–H groups in total. The third kappa shape index (κ3) is 3.26. The van der Waals surface area contributed by atoms with Crippen LogP contribution in [-0.4, -0.2) is 57.9 Å². The van der Waals surface area contributed by atoms with E-state index in [1.165, 1.54) is 4.90 Å². The van der Waals surface area contributed by atoms with Crippen molar-refractivity contribution in [1.82, 2.24) is 9.80 Å². The summed E-state index contributed by atoms with van der Waals surface area (Å²) < 4.78 is 0. The van der Waals surface area contributed by atoms with E-state index in [2.05, 4.69) is 0 Å². The van der Waals surface area contributed by atoms with Gasteiger partial charge in [-0.15, -0.1) is 0 Å². The van der Waals surface area contributed by atoms with Crippen LogP contribution in [0.2, 0.25) is 0 Å². The maximum absolute atomic E-state index is 12.6. The van der Waals surface area contributed by atoms with Crippen LogP contribution in [0.5, 0.6) is 0 Å². The molecule has 6 heteroatoms. The molecule has 118 valence electrons. The molecule has 0 aromatic carbocycles. The van der Waals surface area contributed by atoms with Gasteiger partial charge in [-0.3, -0.25) is 24.2 Å². The van der Waals surface area contributed by atoms with Gasteiger partial charge < -0.3 is 5.11 Å². The van der Waals surface area contributed by atoms with Gasteiger partial charge in [0.05, 0.1) is 18.4 Å². The molecule has 0 radical (unpaired) electrons. The predicted molar refractivity (Wildman–Crippen MR) is 76.6 cm³/mol.